The molecule has 9 nitrogen and oxygen atoms in total. The molecule has 1 aliphatic rings. The van der Waals surface area contributed by atoms with Crippen molar-refractivity contribution < 1.29 is 19.4 Å². The fourth-order valence-corrected chi connectivity index (χ4v) is 3.32. The number of rotatable bonds is 5. The molecule has 1 aliphatic heterocycles. The molecule has 4 rings (SSSR count). The van der Waals surface area contributed by atoms with Crippen LogP contribution < -0.4 is 10.1 Å². The van der Waals surface area contributed by atoms with Gasteiger partial charge in [0.05, 0.1) is 7.11 Å². The number of nitrogens with zero attached hydrogens (tertiary/aromatic N) is 4. The van der Waals surface area contributed by atoms with E-state index in [-0.39, 0.29) is 18.1 Å². The molecule has 0 amide bonds. The Morgan fingerprint density at radius 3 is 2.83 bits per heavy atom. The van der Waals surface area contributed by atoms with Crippen LogP contribution in [0.1, 0.15) is 17.2 Å². The second-order valence-electron chi connectivity index (χ2n) is 6.54. The number of fused-ring (bicyclic) bond motifs is 1. The van der Waals surface area contributed by atoms with Crippen LogP contribution in [0.4, 0.5) is 5.95 Å². The minimum absolute atomic E-state index is 0.0100. The molecule has 2 heterocycles. The first-order valence-electron chi connectivity index (χ1n) is 8.89. The largest absolute Gasteiger partial charge is 0.504 e. The van der Waals surface area contributed by atoms with Gasteiger partial charge in [-0.15, -0.1) is 0 Å². The number of phenols is 1. The Kier molecular flexibility index (Phi) is 4.86. The number of hydrogen-bond donors (Lipinski definition) is 2. The second kappa shape index (κ2) is 7.63. The monoisotopic (exact) mass is 393 g/mol. The predicted molar refractivity (Wildman–Crippen MR) is 103 cm³/mol. The van der Waals surface area contributed by atoms with Gasteiger partial charge in [-0.05, 0) is 33.7 Å². The van der Waals surface area contributed by atoms with Gasteiger partial charge in [-0.3, -0.25) is 4.79 Å². The molecular weight excluding hydrogens is 374 g/mol. The van der Waals surface area contributed by atoms with Gasteiger partial charge in [0.15, 0.2) is 11.5 Å². The number of ether oxygens (including phenoxy) is 2. The van der Waals surface area contributed by atoms with Crippen LogP contribution in [0, 0.1) is 5.92 Å². The summed E-state index contributed by atoms with van der Waals surface area (Å²) in [5.74, 6) is -0.630. The molecule has 2 N–H and O–H groups in total. The van der Waals surface area contributed by atoms with Crippen LogP contribution in [-0.2, 0) is 16.1 Å². The molecule has 0 unspecified atom stereocenters. The van der Waals surface area contributed by atoms with E-state index in [2.05, 4.69) is 27.4 Å². The highest BCUT2D eigenvalue weighted by molar-refractivity contribution is 5.79. The molecule has 0 saturated carbocycles. The van der Waals surface area contributed by atoms with Gasteiger partial charge in [-0.1, -0.05) is 48.1 Å². The van der Waals surface area contributed by atoms with E-state index in [1.54, 1.807) is 12.1 Å². The summed E-state index contributed by atoms with van der Waals surface area (Å²) in [5, 5.41) is 24.5. The number of methoxy groups -OCH3 is 1. The van der Waals surface area contributed by atoms with E-state index in [4.69, 9.17) is 9.47 Å². The summed E-state index contributed by atoms with van der Waals surface area (Å²) >= 11 is 0. The number of nitrogens with one attached hydrogen (secondary N) is 1. The summed E-state index contributed by atoms with van der Waals surface area (Å²) in [6, 6.07) is 13.6. The van der Waals surface area contributed by atoms with E-state index in [0.717, 1.165) is 5.56 Å². The Bertz CT molecular complexity index is 1050. The predicted octanol–water partition coefficient (Wildman–Crippen LogP) is 2.28. The fraction of sp³-hybridized carbons (Fsp3) is 0.200. The molecule has 2 aromatic carbocycles. The van der Waals surface area contributed by atoms with Crippen molar-refractivity contribution in [2.75, 3.05) is 12.4 Å². The number of carbonyl (C=O) groups excluding carboxylic acids is 1. The second-order valence-corrected chi connectivity index (χ2v) is 6.54. The van der Waals surface area contributed by atoms with E-state index < -0.39 is 17.9 Å². The maximum absolute atomic E-state index is 13.0. The molecule has 29 heavy (non-hydrogen) atoms. The SMILES string of the molecule is C=C1Nc2nnnn2[C@H](c2ccc(O)c(OC)c2)[C@H]1C(=O)OCc1ccccc1. The molecule has 2 atom stereocenters. The Labute approximate surface area is 166 Å². The number of tetrazole rings is 1. The molecule has 0 bridgehead atoms. The Balaban J connectivity index is 1.69. The summed E-state index contributed by atoms with van der Waals surface area (Å²) in [7, 11) is 1.45. The zero-order valence-electron chi connectivity index (χ0n) is 15.6. The summed E-state index contributed by atoms with van der Waals surface area (Å²) < 4.78 is 12.3. The number of aromatic nitrogens is 4. The minimum Gasteiger partial charge on any atom is -0.504 e. The van der Waals surface area contributed by atoms with Gasteiger partial charge in [0.25, 0.3) is 0 Å². The molecule has 0 fully saturated rings. The highest BCUT2D eigenvalue weighted by atomic mass is 16.5. The number of anilines is 1. The Hall–Kier alpha value is -3.88. The van der Waals surface area contributed by atoms with Crippen molar-refractivity contribution in [3.63, 3.8) is 0 Å². The van der Waals surface area contributed by atoms with E-state index in [1.165, 1.54) is 17.9 Å². The molecule has 9 heteroatoms. The lowest BCUT2D eigenvalue weighted by molar-refractivity contribution is -0.149. The lowest BCUT2D eigenvalue weighted by Crippen LogP contribution is -2.37. The van der Waals surface area contributed by atoms with Crippen LogP contribution >= 0.6 is 0 Å². The van der Waals surface area contributed by atoms with E-state index in [9.17, 15) is 9.90 Å². The zero-order chi connectivity index (χ0) is 20.4. The first-order chi connectivity index (χ1) is 14.1. The van der Waals surface area contributed by atoms with Crippen LogP contribution in [-0.4, -0.2) is 38.4 Å². The van der Waals surface area contributed by atoms with Crippen molar-refractivity contribution in [3.05, 3.63) is 71.9 Å². The third-order valence-corrected chi connectivity index (χ3v) is 4.74. The van der Waals surface area contributed by atoms with Crippen molar-refractivity contribution in [2.24, 2.45) is 5.92 Å². The average Bonchev–Trinajstić information content (AvgIpc) is 3.20. The van der Waals surface area contributed by atoms with Crippen molar-refractivity contribution >= 4 is 11.9 Å². The molecule has 3 aromatic rings. The summed E-state index contributed by atoms with van der Waals surface area (Å²) in [6.45, 7) is 4.12. The van der Waals surface area contributed by atoms with Crippen LogP contribution in [0.15, 0.2) is 60.8 Å². The summed E-state index contributed by atoms with van der Waals surface area (Å²) in [6.07, 6.45) is 0. The van der Waals surface area contributed by atoms with Crippen LogP contribution in [0.25, 0.3) is 0 Å². The third-order valence-electron chi connectivity index (χ3n) is 4.74. The quantitative estimate of drug-likeness (QED) is 0.635. The van der Waals surface area contributed by atoms with Crippen LogP contribution in [0.3, 0.4) is 0 Å². The third kappa shape index (κ3) is 3.49. The number of benzene rings is 2. The van der Waals surface area contributed by atoms with Gasteiger partial charge < -0.3 is 19.9 Å². The Morgan fingerprint density at radius 1 is 1.28 bits per heavy atom. The molecule has 0 aliphatic carbocycles. The molecular formula is C20H19N5O4. The molecule has 0 saturated heterocycles. The van der Waals surface area contributed by atoms with Crippen molar-refractivity contribution in [1.82, 2.24) is 20.2 Å². The van der Waals surface area contributed by atoms with Crippen molar-refractivity contribution in [2.45, 2.75) is 12.6 Å². The highest BCUT2D eigenvalue weighted by Crippen LogP contribution is 2.40. The number of carbonyl (C=O) groups is 1. The number of phenolic OH excluding ortho intramolecular Hbond substituents is 1. The molecule has 148 valence electrons. The average molecular weight is 393 g/mol. The van der Waals surface area contributed by atoms with Gasteiger partial charge >= 0.3 is 5.97 Å². The Morgan fingerprint density at radius 2 is 2.07 bits per heavy atom. The molecule has 0 spiro atoms. The van der Waals surface area contributed by atoms with Crippen molar-refractivity contribution in [1.29, 1.82) is 0 Å². The van der Waals surface area contributed by atoms with Gasteiger partial charge in [-0.2, -0.15) is 0 Å². The first kappa shape index (κ1) is 18.5. The lowest BCUT2D eigenvalue weighted by Gasteiger charge is -2.32. The summed E-state index contributed by atoms with van der Waals surface area (Å²) in [4.78, 5) is 13.0. The topological polar surface area (TPSA) is 111 Å². The number of hydrogen-bond acceptors (Lipinski definition) is 8. The first-order valence-corrected chi connectivity index (χ1v) is 8.89. The lowest BCUT2D eigenvalue weighted by atomic mass is 9.89. The standard InChI is InChI=1S/C20H19N5O4/c1-12-17(19(27)29-11-13-6-4-3-5-7-13)18(25-20(21-12)22-23-24-25)14-8-9-15(26)16(10-14)28-2/h3-10,17-18,26H,1,11H2,2H3,(H,21,22,24)/t17-,18+/m0/s1. The minimum atomic E-state index is -0.788. The molecule has 0 radical (unpaired) electrons. The number of esters is 1. The van der Waals surface area contributed by atoms with Crippen molar-refractivity contribution in [3.8, 4) is 11.5 Å². The molecule has 1 aromatic heterocycles. The highest BCUT2D eigenvalue weighted by Gasteiger charge is 2.41. The van der Waals surface area contributed by atoms with E-state index in [1.807, 2.05) is 30.3 Å². The van der Waals surface area contributed by atoms with Gasteiger partial charge in [0.1, 0.15) is 18.6 Å². The van der Waals surface area contributed by atoms with Crippen LogP contribution in [0.5, 0.6) is 11.5 Å². The van der Waals surface area contributed by atoms with Gasteiger partial charge in [0.2, 0.25) is 5.95 Å². The maximum atomic E-state index is 13.0. The van der Waals surface area contributed by atoms with Gasteiger partial charge in [0, 0.05) is 5.70 Å². The zero-order valence-corrected chi connectivity index (χ0v) is 15.6. The maximum Gasteiger partial charge on any atom is 0.317 e. The normalized spacial score (nSPS) is 17.9. The fourth-order valence-electron chi connectivity index (χ4n) is 3.32. The number of aromatic hydroxyl groups is 1. The van der Waals surface area contributed by atoms with E-state index in [0.29, 0.717) is 17.2 Å². The van der Waals surface area contributed by atoms with Crippen LogP contribution in [0.2, 0.25) is 0 Å². The smallest absolute Gasteiger partial charge is 0.317 e. The van der Waals surface area contributed by atoms with Gasteiger partial charge in [-0.25, -0.2) is 4.68 Å². The van der Waals surface area contributed by atoms with E-state index >= 15 is 0 Å². The summed E-state index contributed by atoms with van der Waals surface area (Å²) in [5.41, 5.74) is 1.96.